The minimum Gasteiger partial charge on any atom is -0.454 e. The van der Waals surface area contributed by atoms with Crippen LogP contribution in [0.4, 0.5) is 0 Å². The average molecular weight is 326 g/mol. The smallest absolute Gasteiger partial charge is 0.335 e. The van der Waals surface area contributed by atoms with Crippen molar-refractivity contribution in [1.29, 1.82) is 0 Å². The number of halogens is 1. The van der Waals surface area contributed by atoms with E-state index in [1.807, 2.05) is 19.1 Å². The molecule has 0 aliphatic carbocycles. The van der Waals surface area contributed by atoms with E-state index >= 15 is 0 Å². The first kappa shape index (κ1) is 18.2. The number of carbonyl (C=O) groups excluding carboxylic acids is 2. The molecule has 6 heteroatoms. The Morgan fingerprint density at radius 3 is 2.55 bits per heavy atom. The third-order valence-electron chi connectivity index (χ3n) is 2.89. The summed E-state index contributed by atoms with van der Waals surface area (Å²) in [4.78, 5) is 23.3. The first-order valence-corrected chi connectivity index (χ1v) is 7.25. The molecule has 0 aromatic heterocycles. The van der Waals surface area contributed by atoms with Gasteiger partial charge in [-0.2, -0.15) is 0 Å². The largest absolute Gasteiger partial charge is 0.454 e. The van der Waals surface area contributed by atoms with Gasteiger partial charge in [0.25, 0.3) is 5.91 Å². The molecule has 1 aromatic carbocycles. The molecule has 2 atom stereocenters. The van der Waals surface area contributed by atoms with Crippen molar-refractivity contribution in [2.75, 3.05) is 13.2 Å². The van der Waals surface area contributed by atoms with E-state index in [1.165, 1.54) is 6.08 Å². The van der Waals surface area contributed by atoms with Crippen LogP contribution in [0, 0.1) is 0 Å². The quantitative estimate of drug-likeness (QED) is 0.589. The molecule has 0 fully saturated rings. The van der Waals surface area contributed by atoms with Crippen LogP contribution in [-0.4, -0.2) is 31.2 Å². The molecule has 1 rings (SSSR count). The Labute approximate surface area is 135 Å². The van der Waals surface area contributed by atoms with Crippen LogP contribution in [0.3, 0.4) is 0 Å². The number of nitrogens with one attached hydrogen (secondary N) is 1. The van der Waals surface area contributed by atoms with Crippen molar-refractivity contribution in [3.63, 3.8) is 0 Å². The van der Waals surface area contributed by atoms with Gasteiger partial charge in [0.15, 0.2) is 12.7 Å². The van der Waals surface area contributed by atoms with E-state index in [1.54, 1.807) is 19.1 Å². The van der Waals surface area contributed by atoms with Crippen LogP contribution >= 0.6 is 11.6 Å². The van der Waals surface area contributed by atoms with E-state index in [4.69, 9.17) is 21.1 Å². The number of carbonyl (C=O) groups is 2. The maximum Gasteiger partial charge on any atom is 0.335 e. The highest BCUT2D eigenvalue weighted by Crippen LogP contribution is 2.15. The number of amides is 1. The summed E-state index contributed by atoms with van der Waals surface area (Å²) >= 11 is 5.81. The Balaban J connectivity index is 2.38. The van der Waals surface area contributed by atoms with Crippen molar-refractivity contribution in [3.05, 3.63) is 47.5 Å². The molecule has 120 valence electrons. The SMILES string of the molecule is C=CCOC(C)C(=O)OCC(=O)NC(C)c1ccc(Cl)cc1. The second kappa shape index (κ2) is 9.23. The average Bonchev–Trinajstić information content (AvgIpc) is 2.50. The molecule has 0 aliphatic heterocycles. The molecule has 0 radical (unpaired) electrons. The van der Waals surface area contributed by atoms with Gasteiger partial charge in [0.2, 0.25) is 0 Å². The van der Waals surface area contributed by atoms with Gasteiger partial charge < -0.3 is 14.8 Å². The van der Waals surface area contributed by atoms with Crippen molar-refractivity contribution < 1.29 is 19.1 Å². The number of hydrogen-bond donors (Lipinski definition) is 1. The van der Waals surface area contributed by atoms with E-state index in [0.717, 1.165) is 5.56 Å². The number of hydrogen-bond acceptors (Lipinski definition) is 4. The fourth-order valence-corrected chi connectivity index (χ4v) is 1.78. The van der Waals surface area contributed by atoms with Crippen molar-refractivity contribution in [2.45, 2.75) is 26.0 Å². The lowest BCUT2D eigenvalue weighted by atomic mass is 10.1. The molecule has 0 heterocycles. The molecule has 1 N–H and O–H groups in total. The normalized spacial score (nSPS) is 13.0. The summed E-state index contributed by atoms with van der Waals surface area (Å²) in [7, 11) is 0. The summed E-state index contributed by atoms with van der Waals surface area (Å²) in [6.07, 6.45) is 0.795. The van der Waals surface area contributed by atoms with Crippen LogP contribution in [0.25, 0.3) is 0 Å². The summed E-state index contributed by atoms with van der Waals surface area (Å²) < 4.78 is 10.00. The van der Waals surface area contributed by atoms with Crippen molar-refractivity contribution in [3.8, 4) is 0 Å². The van der Waals surface area contributed by atoms with Crippen LogP contribution in [0.2, 0.25) is 5.02 Å². The topological polar surface area (TPSA) is 64.6 Å². The molecule has 5 nitrogen and oxygen atoms in total. The molecular formula is C16H20ClNO4. The van der Waals surface area contributed by atoms with Gasteiger partial charge in [-0.05, 0) is 31.5 Å². The van der Waals surface area contributed by atoms with Crippen LogP contribution in [-0.2, 0) is 19.1 Å². The predicted molar refractivity (Wildman–Crippen MR) is 84.6 cm³/mol. The number of esters is 1. The van der Waals surface area contributed by atoms with E-state index in [9.17, 15) is 9.59 Å². The molecule has 1 aromatic rings. The molecule has 0 aliphatic rings. The third-order valence-corrected chi connectivity index (χ3v) is 3.14. The Hall–Kier alpha value is -1.85. The van der Waals surface area contributed by atoms with Crippen LogP contribution < -0.4 is 5.32 Å². The molecule has 0 saturated heterocycles. The summed E-state index contributed by atoms with van der Waals surface area (Å²) in [5.74, 6) is -0.970. The minimum atomic E-state index is -0.737. The number of ether oxygens (including phenoxy) is 2. The molecule has 2 unspecified atom stereocenters. The van der Waals surface area contributed by atoms with Crippen molar-refractivity contribution in [1.82, 2.24) is 5.32 Å². The zero-order chi connectivity index (χ0) is 16.5. The third kappa shape index (κ3) is 6.28. The lowest BCUT2D eigenvalue weighted by molar-refractivity contribution is -0.158. The van der Waals surface area contributed by atoms with Gasteiger partial charge in [-0.1, -0.05) is 29.8 Å². The zero-order valence-corrected chi connectivity index (χ0v) is 13.4. The summed E-state index contributed by atoms with van der Waals surface area (Å²) in [5.41, 5.74) is 0.909. The highest BCUT2D eigenvalue weighted by molar-refractivity contribution is 6.30. The molecule has 0 bridgehead atoms. The summed E-state index contributed by atoms with van der Waals surface area (Å²) in [6.45, 7) is 6.77. The van der Waals surface area contributed by atoms with Crippen LogP contribution in [0.5, 0.6) is 0 Å². The number of rotatable bonds is 8. The Kier molecular flexibility index (Phi) is 7.63. The van der Waals surface area contributed by atoms with Gasteiger partial charge in [0, 0.05) is 5.02 Å². The maximum atomic E-state index is 11.8. The summed E-state index contributed by atoms with van der Waals surface area (Å²) in [6, 6.07) is 6.93. The maximum absolute atomic E-state index is 11.8. The standard InChI is InChI=1S/C16H20ClNO4/c1-4-9-21-12(3)16(20)22-10-15(19)18-11(2)13-5-7-14(17)8-6-13/h4-8,11-12H,1,9-10H2,2-3H3,(H,18,19). The molecule has 0 saturated carbocycles. The lowest BCUT2D eigenvalue weighted by Crippen LogP contribution is -2.33. The van der Waals surface area contributed by atoms with E-state index < -0.39 is 12.1 Å². The Morgan fingerprint density at radius 2 is 1.95 bits per heavy atom. The van der Waals surface area contributed by atoms with E-state index in [2.05, 4.69) is 11.9 Å². The van der Waals surface area contributed by atoms with Crippen LogP contribution in [0.15, 0.2) is 36.9 Å². The fraction of sp³-hybridized carbons (Fsp3) is 0.375. The monoisotopic (exact) mass is 325 g/mol. The second-order valence-corrected chi connectivity index (χ2v) is 5.15. The lowest BCUT2D eigenvalue weighted by Gasteiger charge is -2.15. The predicted octanol–water partition coefficient (Wildman–Crippen LogP) is 2.65. The Bertz CT molecular complexity index is 515. The van der Waals surface area contributed by atoms with Gasteiger partial charge in [0.1, 0.15) is 0 Å². The first-order valence-electron chi connectivity index (χ1n) is 6.88. The molecular weight excluding hydrogens is 306 g/mol. The van der Waals surface area contributed by atoms with Gasteiger partial charge in [0.05, 0.1) is 12.6 Å². The van der Waals surface area contributed by atoms with Gasteiger partial charge >= 0.3 is 5.97 Å². The number of benzene rings is 1. The van der Waals surface area contributed by atoms with E-state index in [0.29, 0.717) is 5.02 Å². The molecule has 22 heavy (non-hydrogen) atoms. The van der Waals surface area contributed by atoms with Crippen molar-refractivity contribution >= 4 is 23.5 Å². The highest BCUT2D eigenvalue weighted by Gasteiger charge is 2.17. The summed E-state index contributed by atoms with van der Waals surface area (Å²) in [5, 5.41) is 3.37. The van der Waals surface area contributed by atoms with Gasteiger partial charge in [-0.3, -0.25) is 4.79 Å². The zero-order valence-electron chi connectivity index (χ0n) is 12.7. The fourth-order valence-electron chi connectivity index (χ4n) is 1.65. The minimum absolute atomic E-state index is 0.210. The van der Waals surface area contributed by atoms with Crippen molar-refractivity contribution in [2.24, 2.45) is 0 Å². The molecule has 1 amide bonds. The second-order valence-electron chi connectivity index (χ2n) is 4.71. The highest BCUT2D eigenvalue weighted by atomic mass is 35.5. The Morgan fingerprint density at radius 1 is 1.32 bits per heavy atom. The van der Waals surface area contributed by atoms with Crippen LogP contribution in [0.1, 0.15) is 25.5 Å². The van der Waals surface area contributed by atoms with Gasteiger partial charge in [-0.25, -0.2) is 4.79 Å². The first-order chi connectivity index (χ1) is 10.4. The molecule has 0 spiro atoms. The van der Waals surface area contributed by atoms with E-state index in [-0.39, 0.29) is 25.2 Å². The van der Waals surface area contributed by atoms with Gasteiger partial charge in [-0.15, -0.1) is 6.58 Å².